The Kier molecular flexibility index (Phi) is 5.77. The maximum absolute atomic E-state index is 10.5. The summed E-state index contributed by atoms with van der Waals surface area (Å²) in [6.45, 7) is 0.488. The summed E-state index contributed by atoms with van der Waals surface area (Å²) in [5.74, 6) is 6.98. The molecular weight excluding hydrogens is 280 g/mol. The molecule has 0 spiro atoms. The minimum atomic E-state index is 0.244. The Balaban J connectivity index is 1.72. The average Bonchev–Trinajstić information content (AvgIpc) is 2.59. The molecule has 0 aromatic heterocycles. The van der Waals surface area contributed by atoms with Crippen molar-refractivity contribution in [2.24, 2.45) is 0 Å². The van der Waals surface area contributed by atoms with E-state index in [1.54, 1.807) is 48.5 Å². The molecule has 0 unspecified atom stereocenters. The van der Waals surface area contributed by atoms with E-state index in [0.29, 0.717) is 22.6 Å². The number of carbonyl (C=O) groups excluding carboxylic acids is 2. The lowest BCUT2D eigenvalue weighted by molar-refractivity contribution is 0.111. The van der Waals surface area contributed by atoms with Crippen LogP contribution >= 0.6 is 0 Å². The molecule has 0 fully saturated rings. The van der Waals surface area contributed by atoms with Crippen molar-refractivity contribution in [3.05, 3.63) is 59.7 Å². The van der Waals surface area contributed by atoms with Gasteiger partial charge in [-0.25, -0.2) is 0 Å². The van der Waals surface area contributed by atoms with E-state index in [-0.39, 0.29) is 13.2 Å². The van der Waals surface area contributed by atoms with Crippen LogP contribution < -0.4 is 9.47 Å². The van der Waals surface area contributed by atoms with Crippen molar-refractivity contribution in [3.8, 4) is 23.3 Å². The molecule has 2 aromatic rings. The first kappa shape index (κ1) is 15.3. The maximum Gasteiger partial charge on any atom is 0.150 e. The summed E-state index contributed by atoms with van der Waals surface area (Å²) in [7, 11) is 0. The second-order valence-corrected chi connectivity index (χ2v) is 4.30. The summed E-state index contributed by atoms with van der Waals surface area (Å²) in [6.07, 6.45) is 1.56. The monoisotopic (exact) mass is 294 g/mol. The normalized spacial score (nSPS) is 9.27. The molecule has 2 rings (SSSR count). The smallest absolute Gasteiger partial charge is 0.150 e. The van der Waals surface area contributed by atoms with Gasteiger partial charge in [0, 0.05) is 11.1 Å². The summed E-state index contributed by atoms with van der Waals surface area (Å²) in [5.41, 5.74) is 1.21. The lowest BCUT2D eigenvalue weighted by atomic mass is 10.2. The summed E-state index contributed by atoms with van der Waals surface area (Å²) in [5, 5.41) is 0. The molecule has 0 atom stereocenters. The number of benzene rings is 2. The quantitative estimate of drug-likeness (QED) is 0.607. The van der Waals surface area contributed by atoms with Crippen LogP contribution in [0.25, 0.3) is 0 Å². The number of aldehydes is 2. The molecule has 0 aliphatic heterocycles. The minimum absolute atomic E-state index is 0.244. The van der Waals surface area contributed by atoms with Gasteiger partial charge in [-0.05, 0) is 48.5 Å². The second kappa shape index (κ2) is 8.28. The van der Waals surface area contributed by atoms with Gasteiger partial charge in [-0.3, -0.25) is 9.59 Å². The number of ether oxygens (including phenoxy) is 2. The van der Waals surface area contributed by atoms with E-state index in [4.69, 9.17) is 9.47 Å². The fraction of sp³-hybridized carbons (Fsp3) is 0.111. The minimum Gasteiger partial charge on any atom is -0.481 e. The molecule has 0 saturated heterocycles. The number of hydrogen-bond acceptors (Lipinski definition) is 4. The molecule has 0 amide bonds. The van der Waals surface area contributed by atoms with Gasteiger partial charge in [0.05, 0.1) is 0 Å². The zero-order chi connectivity index (χ0) is 15.6. The van der Waals surface area contributed by atoms with Crippen LogP contribution in [0.2, 0.25) is 0 Å². The van der Waals surface area contributed by atoms with Gasteiger partial charge in [0.15, 0.2) is 0 Å². The van der Waals surface area contributed by atoms with Crippen LogP contribution in [0.15, 0.2) is 48.5 Å². The maximum atomic E-state index is 10.5. The fourth-order valence-corrected chi connectivity index (χ4v) is 1.63. The second-order valence-electron chi connectivity index (χ2n) is 4.30. The Bertz CT molecular complexity index is 616. The van der Waals surface area contributed by atoms with Crippen LogP contribution in [0.5, 0.6) is 11.5 Å². The molecule has 0 aliphatic rings. The molecule has 0 N–H and O–H groups in total. The van der Waals surface area contributed by atoms with Crippen molar-refractivity contribution in [1.82, 2.24) is 0 Å². The molecule has 2 aromatic carbocycles. The third-order valence-corrected chi connectivity index (χ3v) is 2.78. The first-order valence-electron chi connectivity index (χ1n) is 6.63. The van der Waals surface area contributed by atoms with E-state index < -0.39 is 0 Å². The van der Waals surface area contributed by atoms with Gasteiger partial charge in [-0.15, -0.1) is 0 Å². The Morgan fingerprint density at radius 3 is 1.36 bits per heavy atom. The molecule has 4 heteroatoms. The molecular formula is C18H14O4. The topological polar surface area (TPSA) is 52.6 Å². The van der Waals surface area contributed by atoms with Crippen LogP contribution in [0.1, 0.15) is 20.7 Å². The van der Waals surface area contributed by atoms with Crippen LogP contribution in [0.3, 0.4) is 0 Å². The predicted octanol–water partition coefficient (Wildman–Crippen LogP) is 2.77. The SMILES string of the molecule is O=Cc1ccc(OCC#CCOc2ccc(C=O)cc2)cc1. The first-order valence-corrected chi connectivity index (χ1v) is 6.63. The number of carbonyl (C=O) groups is 2. The van der Waals surface area contributed by atoms with Crippen LogP contribution in [-0.4, -0.2) is 25.8 Å². The van der Waals surface area contributed by atoms with E-state index in [1.807, 2.05) is 0 Å². The molecule has 0 heterocycles. The molecule has 0 saturated carbocycles. The highest BCUT2D eigenvalue weighted by atomic mass is 16.5. The highest BCUT2D eigenvalue weighted by Gasteiger charge is 1.94. The van der Waals surface area contributed by atoms with Gasteiger partial charge >= 0.3 is 0 Å². The zero-order valence-electron chi connectivity index (χ0n) is 11.8. The van der Waals surface area contributed by atoms with Crippen molar-refractivity contribution >= 4 is 12.6 Å². The summed E-state index contributed by atoms with van der Waals surface area (Å²) >= 11 is 0. The zero-order valence-corrected chi connectivity index (χ0v) is 11.8. The van der Waals surface area contributed by atoms with E-state index in [9.17, 15) is 9.59 Å². The summed E-state index contributed by atoms with van der Waals surface area (Å²) < 4.78 is 10.8. The number of hydrogen-bond donors (Lipinski definition) is 0. The molecule has 4 nitrogen and oxygen atoms in total. The van der Waals surface area contributed by atoms with Crippen molar-refractivity contribution in [3.63, 3.8) is 0 Å². The largest absolute Gasteiger partial charge is 0.481 e. The van der Waals surface area contributed by atoms with E-state index >= 15 is 0 Å². The highest BCUT2D eigenvalue weighted by molar-refractivity contribution is 5.75. The molecule has 0 bridgehead atoms. The summed E-state index contributed by atoms with van der Waals surface area (Å²) in [4.78, 5) is 21.0. The van der Waals surface area contributed by atoms with E-state index in [0.717, 1.165) is 12.6 Å². The van der Waals surface area contributed by atoms with Crippen molar-refractivity contribution < 1.29 is 19.1 Å². The predicted molar refractivity (Wildman–Crippen MR) is 82.4 cm³/mol. The van der Waals surface area contributed by atoms with E-state index in [1.165, 1.54) is 0 Å². The third kappa shape index (κ3) is 4.80. The third-order valence-electron chi connectivity index (χ3n) is 2.78. The molecule has 110 valence electrons. The molecule has 0 radical (unpaired) electrons. The lowest BCUT2D eigenvalue weighted by Crippen LogP contribution is -1.97. The van der Waals surface area contributed by atoms with Crippen LogP contribution in [0, 0.1) is 11.8 Å². The van der Waals surface area contributed by atoms with Crippen LogP contribution in [-0.2, 0) is 0 Å². The van der Waals surface area contributed by atoms with E-state index in [2.05, 4.69) is 11.8 Å². The molecule has 22 heavy (non-hydrogen) atoms. The van der Waals surface area contributed by atoms with Crippen molar-refractivity contribution in [2.45, 2.75) is 0 Å². The Labute approximate surface area is 128 Å². The van der Waals surface area contributed by atoms with Gasteiger partial charge < -0.3 is 9.47 Å². The van der Waals surface area contributed by atoms with Crippen molar-refractivity contribution in [2.75, 3.05) is 13.2 Å². The first-order chi connectivity index (χ1) is 10.8. The Hall–Kier alpha value is -3.06. The molecule has 0 aliphatic carbocycles. The van der Waals surface area contributed by atoms with Gasteiger partial charge in [0.25, 0.3) is 0 Å². The average molecular weight is 294 g/mol. The summed E-state index contributed by atoms with van der Waals surface area (Å²) in [6, 6.07) is 13.6. The Morgan fingerprint density at radius 1 is 0.682 bits per heavy atom. The Morgan fingerprint density at radius 2 is 1.05 bits per heavy atom. The standard InChI is InChI=1S/C18H14O4/c19-13-15-3-7-17(8-4-15)21-11-1-2-12-22-18-9-5-16(14-20)6-10-18/h3-10,13-14H,11-12H2. The van der Waals surface area contributed by atoms with Gasteiger partial charge in [0.2, 0.25) is 0 Å². The number of rotatable bonds is 6. The van der Waals surface area contributed by atoms with Crippen LogP contribution in [0.4, 0.5) is 0 Å². The fourth-order valence-electron chi connectivity index (χ4n) is 1.63. The van der Waals surface area contributed by atoms with Gasteiger partial charge in [-0.2, -0.15) is 0 Å². The highest BCUT2D eigenvalue weighted by Crippen LogP contribution is 2.11. The van der Waals surface area contributed by atoms with Gasteiger partial charge in [0.1, 0.15) is 37.3 Å². The lowest BCUT2D eigenvalue weighted by Gasteiger charge is -2.02. The van der Waals surface area contributed by atoms with Gasteiger partial charge in [-0.1, -0.05) is 11.8 Å². The van der Waals surface area contributed by atoms with Crippen molar-refractivity contribution in [1.29, 1.82) is 0 Å².